The number of ether oxygens (including phenoxy) is 2. The van der Waals surface area contributed by atoms with Gasteiger partial charge in [0.05, 0.1) is 6.54 Å². The number of nitrogens with zero attached hydrogens (tertiary/aromatic N) is 3. The van der Waals surface area contributed by atoms with Gasteiger partial charge in [-0.3, -0.25) is 0 Å². The molecule has 0 aliphatic heterocycles. The zero-order valence-corrected chi connectivity index (χ0v) is 10.3. The SMILES string of the molecule is COC(CNc1cccc(-c2nn[nH]n2)c1)OC. The van der Waals surface area contributed by atoms with Gasteiger partial charge in [-0.25, -0.2) is 0 Å². The van der Waals surface area contributed by atoms with Crippen molar-refractivity contribution in [2.45, 2.75) is 6.29 Å². The number of benzene rings is 1. The molecule has 0 fully saturated rings. The van der Waals surface area contributed by atoms with E-state index in [0.717, 1.165) is 11.3 Å². The monoisotopic (exact) mass is 249 g/mol. The van der Waals surface area contributed by atoms with Gasteiger partial charge < -0.3 is 14.8 Å². The Balaban J connectivity index is 2.04. The molecule has 0 amide bonds. The molecule has 1 aromatic heterocycles. The van der Waals surface area contributed by atoms with Crippen LogP contribution in [0.5, 0.6) is 0 Å². The molecule has 0 radical (unpaired) electrons. The molecule has 0 saturated carbocycles. The zero-order chi connectivity index (χ0) is 12.8. The van der Waals surface area contributed by atoms with Gasteiger partial charge >= 0.3 is 0 Å². The molecule has 0 atom stereocenters. The largest absolute Gasteiger partial charge is 0.380 e. The third kappa shape index (κ3) is 3.02. The van der Waals surface area contributed by atoms with E-state index in [1.165, 1.54) is 0 Å². The Kier molecular flexibility index (Phi) is 4.21. The summed E-state index contributed by atoms with van der Waals surface area (Å²) in [6.07, 6.45) is -0.279. The van der Waals surface area contributed by atoms with Crippen LogP contribution in [-0.2, 0) is 9.47 Å². The topological polar surface area (TPSA) is 85.0 Å². The first-order valence-electron chi connectivity index (χ1n) is 5.47. The highest BCUT2D eigenvalue weighted by molar-refractivity contribution is 5.61. The number of methoxy groups -OCH3 is 2. The fourth-order valence-corrected chi connectivity index (χ4v) is 1.52. The summed E-state index contributed by atoms with van der Waals surface area (Å²) in [7, 11) is 3.21. The number of H-pyrrole nitrogens is 1. The Bertz CT molecular complexity index is 470. The summed E-state index contributed by atoms with van der Waals surface area (Å²) < 4.78 is 10.2. The van der Waals surface area contributed by atoms with E-state index in [1.807, 2.05) is 24.3 Å². The molecule has 0 bridgehead atoms. The minimum Gasteiger partial charge on any atom is -0.380 e. The third-order valence-corrected chi connectivity index (χ3v) is 2.46. The third-order valence-electron chi connectivity index (χ3n) is 2.46. The van der Waals surface area contributed by atoms with Crippen LogP contribution in [0.3, 0.4) is 0 Å². The van der Waals surface area contributed by atoms with Gasteiger partial charge in [-0.05, 0) is 17.3 Å². The lowest BCUT2D eigenvalue weighted by Crippen LogP contribution is -2.23. The number of tetrazole rings is 1. The van der Waals surface area contributed by atoms with Gasteiger partial charge in [-0.2, -0.15) is 5.21 Å². The van der Waals surface area contributed by atoms with Crippen molar-refractivity contribution in [3.05, 3.63) is 24.3 Å². The van der Waals surface area contributed by atoms with E-state index in [0.29, 0.717) is 12.4 Å². The van der Waals surface area contributed by atoms with Gasteiger partial charge in [0.25, 0.3) is 0 Å². The highest BCUT2D eigenvalue weighted by Crippen LogP contribution is 2.18. The fourth-order valence-electron chi connectivity index (χ4n) is 1.52. The minimum absolute atomic E-state index is 0.279. The van der Waals surface area contributed by atoms with E-state index in [4.69, 9.17) is 9.47 Å². The van der Waals surface area contributed by atoms with Gasteiger partial charge in [0.2, 0.25) is 5.82 Å². The number of aromatic amines is 1. The Morgan fingerprint density at radius 1 is 1.33 bits per heavy atom. The predicted octanol–water partition coefficient (Wildman–Crippen LogP) is 0.897. The highest BCUT2D eigenvalue weighted by Gasteiger charge is 2.06. The van der Waals surface area contributed by atoms with Crippen molar-refractivity contribution in [1.82, 2.24) is 20.6 Å². The summed E-state index contributed by atoms with van der Waals surface area (Å²) >= 11 is 0. The summed E-state index contributed by atoms with van der Waals surface area (Å²) in [6, 6.07) is 7.72. The summed E-state index contributed by atoms with van der Waals surface area (Å²) in [5.74, 6) is 0.564. The number of anilines is 1. The molecule has 96 valence electrons. The lowest BCUT2D eigenvalue weighted by atomic mass is 10.2. The van der Waals surface area contributed by atoms with Crippen molar-refractivity contribution >= 4 is 5.69 Å². The number of hydrogen-bond acceptors (Lipinski definition) is 6. The minimum atomic E-state index is -0.279. The summed E-state index contributed by atoms with van der Waals surface area (Å²) in [5, 5.41) is 17.0. The van der Waals surface area contributed by atoms with Crippen molar-refractivity contribution < 1.29 is 9.47 Å². The van der Waals surface area contributed by atoms with E-state index < -0.39 is 0 Å². The maximum absolute atomic E-state index is 5.10. The average Bonchev–Trinajstić information content (AvgIpc) is 2.94. The molecule has 7 heteroatoms. The van der Waals surface area contributed by atoms with Crippen LogP contribution < -0.4 is 5.32 Å². The van der Waals surface area contributed by atoms with Gasteiger partial charge in [-0.1, -0.05) is 12.1 Å². The smallest absolute Gasteiger partial charge is 0.204 e. The van der Waals surface area contributed by atoms with Crippen LogP contribution in [0.25, 0.3) is 11.4 Å². The van der Waals surface area contributed by atoms with E-state index in [-0.39, 0.29) is 6.29 Å². The lowest BCUT2D eigenvalue weighted by Gasteiger charge is -2.15. The molecule has 0 aliphatic carbocycles. The molecule has 0 spiro atoms. The van der Waals surface area contributed by atoms with E-state index in [2.05, 4.69) is 25.9 Å². The molecule has 0 saturated heterocycles. The van der Waals surface area contributed by atoms with Gasteiger partial charge in [-0.15, -0.1) is 10.2 Å². The predicted molar refractivity (Wildman–Crippen MR) is 65.9 cm³/mol. The molecule has 0 aliphatic rings. The first-order valence-corrected chi connectivity index (χ1v) is 5.47. The van der Waals surface area contributed by atoms with Gasteiger partial charge in [0, 0.05) is 25.5 Å². The van der Waals surface area contributed by atoms with Crippen LogP contribution in [0.1, 0.15) is 0 Å². The molecule has 7 nitrogen and oxygen atoms in total. The Labute approximate surface area is 104 Å². The Hall–Kier alpha value is -1.99. The average molecular weight is 249 g/mol. The summed E-state index contributed by atoms with van der Waals surface area (Å²) in [4.78, 5) is 0. The van der Waals surface area contributed by atoms with E-state index in [9.17, 15) is 0 Å². The molecule has 1 aromatic carbocycles. The van der Waals surface area contributed by atoms with E-state index in [1.54, 1.807) is 14.2 Å². The Morgan fingerprint density at radius 2 is 2.17 bits per heavy atom. The molecule has 18 heavy (non-hydrogen) atoms. The van der Waals surface area contributed by atoms with Crippen molar-refractivity contribution in [3.8, 4) is 11.4 Å². The first kappa shape index (κ1) is 12.5. The second-order valence-electron chi connectivity index (χ2n) is 3.60. The summed E-state index contributed by atoms with van der Waals surface area (Å²) in [5.41, 5.74) is 1.83. The number of rotatable bonds is 6. The number of nitrogens with one attached hydrogen (secondary N) is 2. The molecular formula is C11H15N5O2. The molecule has 2 N–H and O–H groups in total. The van der Waals surface area contributed by atoms with Crippen LogP contribution in [-0.4, -0.2) is 47.7 Å². The van der Waals surface area contributed by atoms with Crippen LogP contribution in [0.2, 0.25) is 0 Å². The molecule has 1 heterocycles. The number of hydrogen-bond donors (Lipinski definition) is 2. The zero-order valence-electron chi connectivity index (χ0n) is 10.3. The van der Waals surface area contributed by atoms with Crippen LogP contribution in [0, 0.1) is 0 Å². The van der Waals surface area contributed by atoms with Crippen molar-refractivity contribution in [2.75, 3.05) is 26.1 Å². The lowest BCUT2D eigenvalue weighted by molar-refractivity contribution is -0.0914. The standard InChI is InChI=1S/C11H15N5O2/c1-17-10(18-2)7-12-9-5-3-4-8(6-9)11-13-15-16-14-11/h3-6,10,12H,7H2,1-2H3,(H,13,14,15,16). The Morgan fingerprint density at radius 3 is 2.83 bits per heavy atom. The van der Waals surface area contributed by atoms with E-state index >= 15 is 0 Å². The van der Waals surface area contributed by atoms with Gasteiger partial charge in [0.1, 0.15) is 0 Å². The molecule has 2 rings (SSSR count). The number of aromatic nitrogens is 4. The second-order valence-corrected chi connectivity index (χ2v) is 3.60. The highest BCUT2D eigenvalue weighted by atomic mass is 16.7. The van der Waals surface area contributed by atoms with Crippen molar-refractivity contribution in [2.24, 2.45) is 0 Å². The second kappa shape index (κ2) is 6.08. The molecule has 0 unspecified atom stereocenters. The quantitative estimate of drug-likeness (QED) is 0.740. The molecule has 2 aromatic rings. The van der Waals surface area contributed by atoms with Crippen molar-refractivity contribution in [3.63, 3.8) is 0 Å². The fraction of sp³-hybridized carbons (Fsp3) is 0.364. The first-order chi connectivity index (χ1) is 8.83. The van der Waals surface area contributed by atoms with Gasteiger partial charge in [0.15, 0.2) is 6.29 Å². The summed E-state index contributed by atoms with van der Waals surface area (Å²) in [6.45, 7) is 0.558. The van der Waals surface area contributed by atoms with Crippen LogP contribution in [0.15, 0.2) is 24.3 Å². The van der Waals surface area contributed by atoms with Crippen LogP contribution >= 0.6 is 0 Å². The maximum atomic E-state index is 5.10. The van der Waals surface area contributed by atoms with Crippen LogP contribution in [0.4, 0.5) is 5.69 Å². The van der Waals surface area contributed by atoms with Crippen molar-refractivity contribution in [1.29, 1.82) is 0 Å². The molecular weight excluding hydrogens is 234 g/mol. The normalized spacial score (nSPS) is 10.8. The maximum Gasteiger partial charge on any atom is 0.204 e.